The summed E-state index contributed by atoms with van der Waals surface area (Å²) in [6.45, 7) is 1.81. The van der Waals surface area contributed by atoms with Crippen LogP contribution < -0.4 is 5.32 Å². The number of benzene rings is 2. The molecule has 1 aliphatic heterocycles. The number of rotatable bonds is 0. The van der Waals surface area contributed by atoms with Crippen molar-refractivity contribution < 1.29 is 18.0 Å². The molecule has 1 N–H and O–H groups in total. The van der Waals surface area contributed by atoms with E-state index in [-0.39, 0.29) is 10.5 Å². The van der Waals surface area contributed by atoms with Gasteiger partial charge in [0.05, 0.1) is 16.8 Å². The molecule has 1 aliphatic rings. The van der Waals surface area contributed by atoms with Crippen LogP contribution in [0.1, 0.15) is 21.5 Å². The van der Waals surface area contributed by atoms with Crippen LogP contribution in [0.25, 0.3) is 0 Å². The van der Waals surface area contributed by atoms with Gasteiger partial charge in [0.25, 0.3) is 5.91 Å². The van der Waals surface area contributed by atoms with Crippen LogP contribution in [0.3, 0.4) is 0 Å². The number of para-hydroxylation sites is 1. The summed E-state index contributed by atoms with van der Waals surface area (Å²) in [5.41, 5.74) is 0.645. The lowest BCUT2D eigenvalue weighted by atomic mass is 10.1. The van der Waals surface area contributed by atoms with E-state index < -0.39 is 17.6 Å². The summed E-state index contributed by atoms with van der Waals surface area (Å²) in [5, 5.41) is 2.70. The third-order valence-corrected chi connectivity index (χ3v) is 4.45. The molecule has 6 heteroatoms. The average Bonchev–Trinajstić information content (AvgIpc) is 2.55. The summed E-state index contributed by atoms with van der Waals surface area (Å²) < 4.78 is 39.4. The number of hydrogen-bond donors (Lipinski definition) is 1. The van der Waals surface area contributed by atoms with Gasteiger partial charge in [0.1, 0.15) is 0 Å². The van der Waals surface area contributed by atoms with E-state index in [9.17, 15) is 18.0 Å². The summed E-state index contributed by atoms with van der Waals surface area (Å²) in [6, 6.07) is 8.93. The van der Waals surface area contributed by atoms with Gasteiger partial charge < -0.3 is 5.32 Å². The molecule has 0 unspecified atom stereocenters. The van der Waals surface area contributed by atoms with Crippen LogP contribution in [0.15, 0.2) is 46.2 Å². The maximum atomic E-state index is 13.1. The largest absolute Gasteiger partial charge is 0.417 e. The molecule has 2 aromatic carbocycles. The van der Waals surface area contributed by atoms with E-state index in [2.05, 4.69) is 5.32 Å². The van der Waals surface area contributed by atoms with E-state index in [4.69, 9.17) is 0 Å². The molecule has 1 heterocycles. The highest BCUT2D eigenvalue weighted by Gasteiger charge is 2.36. The number of aryl methyl sites for hydroxylation is 1. The van der Waals surface area contributed by atoms with E-state index in [1.54, 1.807) is 25.1 Å². The summed E-state index contributed by atoms with van der Waals surface area (Å²) in [5.74, 6) is -0.517. The Morgan fingerprint density at radius 1 is 1.10 bits per heavy atom. The second-order valence-electron chi connectivity index (χ2n) is 4.68. The molecule has 0 bridgehead atoms. The number of hydrogen-bond acceptors (Lipinski definition) is 2. The van der Waals surface area contributed by atoms with Gasteiger partial charge in [0.2, 0.25) is 0 Å². The zero-order valence-corrected chi connectivity index (χ0v) is 11.7. The quantitative estimate of drug-likeness (QED) is 0.762. The van der Waals surface area contributed by atoms with Gasteiger partial charge in [-0.15, -0.1) is 0 Å². The van der Waals surface area contributed by atoms with Crippen LogP contribution in [-0.2, 0) is 6.18 Å². The molecule has 0 aromatic heterocycles. The lowest BCUT2D eigenvalue weighted by Crippen LogP contribution is -2.15. The van der Waals surface area contributed by atoms with E-state index in [0.29, 0.717) is 10.6 Å². The van der Waals surface area contributed by atoms with Gasteiger partial charge in [-0.2, -0.15) is 13.2 Å². The lowest BCUT2D eigenvalue weighted by Gasteiger charge is -2.13. The molecule has 0 atom stereocenters. The van der Waals surface area contributed by atoms with Gasteiger partial charge in [-0.25, -0.2) is 0 Å². The van der Waals surface area contributed by atoms with Crippen LogP contribution in [0.2, 0.25) is 0 Å². The Morgan fingerprint density at radius 3 is 2.52 bits per heavy atom. The monoisotopic (exact) mass is 309 g/mol. The number of halogens is 3. The topological polar surface area (TPSA) is 29.1 Å². The molecule has 108 valence electrons. The molecule has 3 rings (SSSR count). The summed E-state index contributed by atoms with van der Waals surface area (Å²) in [4.78, 5) is 12.8. The first kappa shape index (κ1) is 14.0. The van der Waals surface area contributed by atoms with E-state index >= 15 is 0 Å². The third kappa shape index (κ3) is 2.40. The SMILES string of the molecule is Cc1cccc2c1NC(=O)c1cccc(C(F)(F)F)c1S2. The molecular weight excluding hydrogens is 299 g/mol. The Kier molecular flexibility index (Phi) is 3.20. The van der Waals surface area contributed by atoms with Crippen molar-refractivity contribution in [3.63, 3.8) is 0 Å². The highest BCUT2D eigenvalue weighted by molar-refractivity contribution is 7.99. The minimum absolute atomic E-state index is 0.0467. The highest BCUT2D eigenvalue weighted by atomic mass is 32.2. The van der Waals surface area contributed by atoms with Crippen molar-refractivity contribution in [3.8, 4) is 0 Å². The van der Waals surface area contributed by atoms with Crippen molar-refractivity contribution >= 4 is 23.4 Å². The Labute approximate surface area is 123 Å². The number of alkyl halides is 3. The van der Waals surface area contributed by atoms with Crippen molar-refractivity contribution in [2.45, 2.75) is 22.9 Å². The Bertz CT molecular complexity index is 740. The fourth-order valence-electron chi connectivity index (χ4n) is 2.23. The summed E-state index contributed by atoms with van der Waals surface area (Å²) in [6.07, 6.45) is -4.49. The minimum Gasteiger partial charge on any atom is -0.321 e. The summed E-state index contributed by atoms with van der Waals surface area (Å²) in [7, 11) is 0. The Morgan fingerprint density at radius 2 is 1.81 bits per heavy atom. The zero-order valence-electron chi connectivity index (χ0n) is 10.9. The molecule has 2 nitrogen and oxygen atoms in total. The minimum atomic E-state index is -4.49. The van der Waals surface area contributed by atoms with Crippen LogP contribution in [0.4, 0.5) is 18.9 Å². The van der Waals surface area contributed by atoms with Gasteiger partial charge in [-0.3, -0.25) is 4.79 Å². The maximum absolute atomic E-state index is 13.1. The van der Waals surface area contributed by atoms with Crippen LogP contribution in [0.5, 0.6) is 0 Å². The fourth-order valence-corrected chi connectivity index (χ4v) is 3.47. The number of anilines is 1. The number of carbonyl (C=O) groups excluding carboxylic acids is 1. The van der Waals surface area contributed by atoms with Crippen molar-refractivity contribution in [3.05, 3.63) is 53.1 Å². The molecule has 0 radical (unpaired) electrons. The van der Waals surface area contributed by atoms with Gasteiger partial charge in [-0.1, -0.05) is 30.0 Å². The number of nitrogens with one attached hydrogen (secondary N) is 1. The normalized spacial score (nSPS) is 14.0. The second-order valence-corrected chi connectivity index (χ2v) is 5.74. The molecule has 0 spiro atoms. The first-order valence-electron chi connectivity index (χ1n) is 6.17. The number of fused-ring (bicyclic) bond motifs is 2. The van der Waals surface area contributed by atoms with E-state index in [1.807, 2.05) is 0 Å². The molecule has 0 aliphatic carbocycles. The van der Waals surface area contributed by atoms with Gasteiger partial charge in [0, 0.05) is 9.79 Å². The molecule has 1 amide bonds. The van der Waals surface area contributed by atoms with E-state index in [0.717, 1.165) is 23.4 Å². The number of carbonyl (C=O) groups is 1. The molecule has 0 saturated carbocycles. The highest BCUT2D eigenvalue weighted by Crippen LogP contribution is 2.45. The van der Waals surface area contributed by atoms with Gasteiger partial charge in [0.15, 0.2) is 0 Å². The first-order valence-corrected chi connectivity index (χ1v) is 6.98. The zero-order chi connectivity index (χ0) is 15.2. The predicted octanol–water partition coefficient (Wildman–Crippen LogP) is 4.73. The second kappa shape index (κ2) is 4.80. The molecule has 21 heavy (non-hydrogen) atoms. The molecule has 0 saturated heterocycles. The Hall–Kier alpha value is -1.95. The number of amides is 1. The third-order valence-electron chi connectivity index (χ3n) is 3.25. The smallest absolute Gasteiger partial charge is 0.321 e. The van der Waals surface area contributed by atoms with Crippen LogP contribution in [-0.4, -0.2) is 5.91 Å². The molecule has 0 fully saturated rings. The molecular formula is C15H10F3NOS. The van der Waals surface area contributed by atoms with Gasteiger partial charge >= 0.3 is 6.18 Å². The lowest BCUT2D eigenvalue weighted by molar-refractivity contribution is -0.139. The Balaban J connectivity index is 2.25. The van der Waals surface area contributed by atoms with E-state index in [1.165, 1.54) is 12.1 Å². The van der Waals surface area contributed by atoms with Crippen molar-refractivity contribution in [1.29, 1.82) is 0 Å². The fraction of sp³-hybridized carbons (Fsp3) is 0.133. The molecule has 2 aromatic rings. The van der Waals surface area contributed by atoms with Crippen molar-refractivity contribution in [2.24, 2.45) is 0 Å². The van der Waals surface area contributed by atoms with Gasteiger partial charge in [-0.05, 0) is 30.7 Å². The van der Waals surface area contributed by atoms with Crippen molar-refractivity contribution in [2.75, 3.05) is 5.32 Å². The maximum Gasteiger partial charge on any atom is 0.417 e. The standard InChI is InChI=1S/C15H10F3NOS/c1-8-4-2-7-11-12(8)19-14(20)9-5-3-6-10(13(9)21-11)15(16,17)18/h2-7H,1H3,(H,19,20). The van der Waals surface area contributed by atoms with Crippen molar-refractivity contribution in [1.82, 2.24) is 0 Å². The predicted molar refractivity (Wildman–Crippen MR) is 74.7 cm³/mol. The average molecular weight is 309 g/mol. The van der Waals surface area contributed by atoms with Crippen LogP contribution >= 0.6 is 11.8 Å². The van der Waals surface area contributed by atoms with Crippen LogP contribution in [0, 0.1) is 6.92 Å². The first-order chi connectivity index (χ1) is 9.88. The summed E-state index contributed by atoms with van der Waals surface area (Å²) >= 11 is 0.971.